The van der Waals surface area contributed by atoms with Crippen LogP contribution in [0, 0.1) is 11.3 Å². The Kier molecular flexibility index (Phi) is 7.13. The molecule has 2 heterocycles. The van der Waals surface area contributed by atoms with Crippen molar-refractivity contribution >= 4 is 39.6 Å². The third-order valence-corrected chi connectivity index (χ3v) is 4.87. The minimum atomic E-state index is -0.376. The van der Waals surface area contributed by atoms with Crippen LogP contribution in [0.25, 0.3) is 21.9 Å². The molecule has 1 aromatic carbocycles. The minimum absolute atomic E-state index is 0.00607. The number of nitrogens with zero attached hydrogens (tertiary/aromatic N) is 4. The molecule has 0 atom stereocenters. The smallest absolute Gasteiger partial charge is 0.251 e. The highest BCUT2D eigenvalue weighted by atomic mass is 16.5. The number of amides is 2. The molecule has 1 N–H and O–H groups in total. The van der Waals surface area contributed by atoms with E-state index in [-0.39, 0.29) is 30.4 Å². The fraction of sp³-hybridized carbons (Fsp3) is 0.500. The second kappa shape index (κ2) is 9.65. The van der Waals surface area contributed by atoms with E-state index in [0.717, 1.165) is 23.0 Å². The van der Waals surface area contributed by atoms with Crippen molar-refractivity contribution in [2.75, 3.05) is 32.1 Å². The zero-order chi connectivity index (χ0) is 23.5. The quantitative estimate of drug-likeness (QED) is 0.578. The first-order valence-electron chi connectivity index (χ1n) is 10.9. The SMILES string of the molecule is CC(C)Cn1cnc2c(NC(=O)COCC(=O)N(C)CC(C)(C)C)nc3ccccc3c21. The largest absolute Gasteiger partial charge is 0.362 e. The summed E-state index contributed by atoms with van der Waals surface area (Å²) in [5.41, 5.74) is 2.35. The van der Waals surface area contributed by atoms with E-state index in [2.05, 4.69) is 54.5 Å². The second-order valence-electron chi connectivity index (χ2n) is 9.82. The number of anilines is 1. The Morgan fingerprint density at radius 3 is 2.59 bits per heavy atom. The van der Waals surface area contributed by atoms with E-state index in [0.29, 0.717) is 23.8 Å². The van der Waals surface area contributed by atoms with Crippen molar-refractivity contribution in [3.05, 3.63) is 30.6 Å². The number of likely N-dealkylation sites (N-methyl/N-ethyl adjacent to an activating group) is 1. The summed E-state index contributed by atoms with van der Waals surface area (Å²) >= 11 is 0. The van der Waals surface area contributed by atoms with Crippen molar-refractivity contribution in [2.24, 2.45) is 11.3 Å². The number of nitrogens with one attached hydrogen (secondary N) is 1. The summed E-state index contributed by atoms with van der Waals surface area (Å²) in [6.07, 6.45) is 1.79. The molecule has 0 unspecified atom stereocenters. The molecule has 8 nitrogen and oxygen atoms in total. The van der Waals surface area contributed by atoms with Crippen LogP contribution in [0.3, 0.4) is 0 Å². The molecule has 172 valence electrons. The van der Waals surface area contributed by atoms with Crippen molar-refractivity contribution in [3.8, 4) is 0 Å². The first-order valence-corrected chi connectivity index (χ1v) is 10.9. The van der Waals surface area contributed by atoms with Gasteiger partial charge in [-0.3, -0.25) is 9.59 Å². The van der Waals surface area contributed by atoms with Gasteiger partial charge in [-0.25, -0.2) is 9.97 Å². The van der Waals surface area contributed by atoms with Crippen LogP contribution >= 0.6 is 0 Å². The van der Waals surface area contributed by atoms with Crippen LogP contribution in [0.1, 0.15) is 34.6 Å². The highest BCUT2D eigenvalue weighted by Crippen LogP contribution is 2.29. The molecule has 32 heavy (non-hydrogen) atoms. The number of rotatable bonds is 8. The Bertz CT molecular complexity index is 1110. The van der Waals surface area contributed by atoms with Crippen molar-refractivity contribution in [3.63, 3.8) is 0 Å². The molecule has 0 aliphatic carbocycles. The summed E-state index contributed by atoms with van der Waals surface area (Å²) in [5, 5.41) is 3.80. The first-order chi connectivity index (χ1) is 15.0. The zero-order valence-electron chi connectivity index (χ0n) is 19.8. The summed E-state index contributed by atoms with van der Waals surface area (Å²) in [4.78, 5) is 35.5. The Hall–Kier alpha value is -3.00. The summed E-state index contributed by atoms with van der Waals surface area (Å²) < 4.78 is 7.46. The lowest BCUT2D eigenvalue weighted by Gasteiger charge is -2.26. The van der Waals surface area contributed by atoms with Gasteiger partial charge in [0.1, 0.15) is 18.7 Å². The van der Waals surface area contributed by atoms with E-state index in [4.69, 9.17) is 4.74 Å². The minimum Gasteiger partial charge on any atom is -0.362 e. The number of carbonyl (C=O) groups excluding carboxylic acids is 2. The predicted octanol–water partition coefficient (Wildman–Crippen LogP) is 3.70. The third-order valence-electron chi connectivity index (χ3n) is 4.87. The number of fused-ring (bicyclic) bond motifs is 3. The van der Waals surface area contributed by atoms with Crippen LogP contribution in [0.2, 0.25) is 0 Å². The Labute approximate surface area is 189 Å². The standard InChI is InChI=1S/C24H33N5O3/c1-16(2)11-29-15-25-21-22(29)17-9-7-8-10-18(17)26-23(21)27-19(30)12-32-13-20(31)28(6)14-24(3,4)5/h7-10,15-16H,11-14H2,1-6H3,(H,26,27,30). The first kappa shape index (κ1) is 23.7. The molecule has 0 aliphatic heterocycles. The fourth-order valence-electron chi connectivity index (χ4n) is 3.71. The fourth-order valence-corrected chi connectivity index (χ4v) is 3.71. The van der Waals surface area contributed by atoms with E-state index in [1.807, 2.05) is 24.3 Å². The molecule has 0 saturated heterocycles. The number of imidazole rings is 1. The van der Waals surface area contributed by atoms with Gasteiger partial charge < -0.3 is 19.5 Å². The van der Waals surface area contributed by atoms with Crippen molar-refractivity contribution in [1.82, 2.24) is 19.4 Å². The molecule has 0 bridgehead atoms. The van der Waals surface area contributed by atoms with E-state index >= 15 is 0 Å². The molecule has 3 aromatic rings. The predicted molar refractivity (Wildman–Crippen MR) is 126 cm³/mol. The summed E-state index contributed by atoms with van der Waals surface area (Å²) in [6.45, 7) is 11.5. The van der Waals surface area contributed by atoms with Crippen molar-refractivity contribution < 1.29 is 14.3 Å². The van der Waals surface area contributed by atoms with E-state index in [9.17, 15) is 9.59 Å². The number of ether oxygens (including phenoxy) is 1. The lowest BCUT2D eigenvalue weighted by atomic mass is 9.96. The van der Waals surface area contributed by atoms with Crippen LogP contribution < -0.4 is 5.32 Å². The van der Waals surface area contributed by atoms with E-state index < -0.39 is 0 Å². The van der Waals surface area contributed by atoms with Gasteiger partial charge in [0, 0.05) is 25.5 Å². The monoisotopic (exact) mass is 439 g/mol. The molecule has 0 saturated carbocycles. The highest BCUT2D eigenvalue weighted by Gasteiger charge is 2.19. The summed E-state index contributed by atoms with van der Waals surface area (Å²) in [6, 6.07) is 7.81. The van der Waals surface area contributed by atoms with Crippen molar-refractivity contribution in [2.45, 2.75) is 41.2 Å². The van der Waals surface area contributed by atoms with Gasteiger partial charge >= 0.3 is 0 Å². The average Bonchev–Trinajstić information content (AvgIpc) is 3.10. The van der Waals surface area contributed by atoms with Gasteiger partial charge in [0.25, 0.3) is 5.91 Å². The Balaban J connectivity index is 1.72. The van der Waals surface area contributed by atoms with Crippen LogP contribution in [0.15, 0.2) is 30.6 Å². The lowest BCUT2D eigenvalue weighted by molar-refractivity contribution is -0.137. The van der Waals surface area contributed by atoms with Gasteiger partial charge in [-0.05, 0) is 17.4 Å². The van der Waals surface area contributed by atoms with Gasteiger partial charge in [-0.2, -0.15) is 0 Å². The molecular weight excluding hydrogens is 406 g/mol. The summed E-state index contributed by atoms with van der Waals surface area (Å²) in [5.74, 6) is 0.302. The lowest BCUT2D eigenvalue weighted by Crippen LogP contribution is -2.37. The zero-order valence-corrected chi connectivity index (χ0v) is 19.8. The topological polar surface area (TPSA) is 89.3 Å². The third kappa shape index (κ3) is 5.82. The molecule has 3 rings (SSSR count). The van der Waals surface area contributed by atoms with Crippen LogP contribution in [0.4, 0.5) is 5.82 Å². The number of aromatic nitrogens is 3. The van der Waals surface area contributed by atoms with Crippen LogP contribution in [-0.4, -0.2) is 58.1 Å². The van der Waals surface area contributed by atoms with Gasteiger partial charge in [0.2, 0.25) is 5.91 Å². The molecule has 0 fully saturated rings. The summed E-state index contributed by atoms with van der Waals surface area (Å²) in [7, 11) is 1.74. The normalized spacial score (nSPS) is 12.0. The van der Waals surface area contributed by atoms with Crippen LogP contribution in [0.5, 0.6) is 0 Å². The van der Waals surface area contributed by atoms with Crippen molar-refractivity contribution in [1.29, 1.82) is 0 Å². The Morgan fingerprint density at radius 1 is 1.19 bits per heavy atom. The second-order valence-corrected chi connectivity index (χ2v) is 9.82. The maximum absolute atomic E-state index is 12.5. The highest BCUT2D eigenvalue weighted by molar-refractivity contribution is 6.09. The molecule has 0 radical (unpaired) electrons. The average molecular weight is 440 g/mol. The number of hydrogen-bond acceptors (Lipinski definition) is 5. The number of pyridine rings is 1. The van der Waals surface area contributed by atoms with Gasteiger partial charge in [-0.1, -0.05) is 52.8 Å². The van der Waals surface area contributed by atoms with Crippen LogP contribution in [-0.2, 0) is 20.9 Å². The van der Waals surface area contributed by atoms with Gasteiger partial charge in [0.15, 0.2) is 5.82 Å². The van der Waals surface area contributed by atoms with Gasteiger partial charge in [0.05, 0.1) is 17.4 Å². The Morgan fingerprint density at radius 2 is 1.91 bits per heavy atom. The number of para-hydroxylation sites is 1. The van der Waals surface area contributed by atoms with E-state index in [1.165, 1.54) is 0 Å². The number of benzene rings is 1. The molecule has 0 aliphatic rings. The molecule has 8 heteroatoms. The molecule has 2 aromatic heterocycles. The number of hydrogen-bond donors (Lipinski definition) is 1. The molecular formula is C24H33N5O3. The maximum Gasteiger partial charge on any atom is 0.251 e. The van der Waals surface area contributed by atoms with E-state index in [1.54, 1.807) is 18.3 Å². The number of carbonyl (C=O) groups is 2. The molecule has 0 spiro atoms. The van der Waals surface area contributed by atoms with Gasteiger partial charge in [-0.15, -0.1) is 0 Å². The maximum atomic E-state index is 12.5. The molecule has 2 amide bonds.